The molecule has 142 valence electrons. The van der Waals surface area contributed by atoms with Crippen LogP contribution in [0, 0.1) is 0 Å². The lowest BCUT2D eigenvalue weighted by molar-refractivity contribution is 0.0927. The molecule has 0 bridgehead atoms. The minimum Gasteiger partial charge on any atom is -0.497 e. The van der Waals surface area contributed by atoms with Crippen molar-refractivity contribution in [2.75, 3.05) is 7.11 Å². The van der Waals surface area contributed by atoms with Crippen molar-refractivity contribution in [1.82, 2.24) is 10.3 Å². The number of aromatic amines is 1. The maximum Gasteiger partial charge on any atom is 0.267 e. The average molecular weight is 357 g/mol. The van der Waals surface area contributed by atoms with Gasteiger partial charge in [0.1, 0.15) is 11.4 Å². The molecule has 2 N–H and O–H groups in total. The predicted molar refractivity (Wildman–Crippen MR) is 107 cm³/mol. The molecule has 0 radical (unpaired) electrons. The van der Waals surface area contributed by atoms with Crippen molar-refractivity contribution >= 4 is 16.8 Å². The Morgan fingerprint density at radius 3 is 2.19 bits per heavy atom. The van der Waals surface area contributed by atoms with Gasteiger partial charge in [0.2, 0.25) is 0 Å². The fourth-order valence-electron chi connectivity index (χ4n) is 3.93. The number of nitrogens with one attached hydrogen (secondary N) is 2. The number of methoxy groups -OCH3 is 1. The molecule has 1 aliphatic rings. The van der Waals surface area contributed by atoms with Crippen LogP contribution in [0.1, 0.15) is 81.1 Å². The van der Waals surface area contributed by atoms with Crippen molar-refractivity contribution in [3.8, 4) is 5.75 Å². The summed E-state index contributed by atoms with van der Waals surface area (Å²) >= 11 is 0. The van der Waals surface area contributed by atoms with Gasteiger partial charge in [-0.25, -0.2) is 0 Å². The van der Waals surface area contributed by atoms with Crippen molar-refractivity contribution in [2.45, 2.75) is 76.7 Å². The Morgan fingerprint density at radius 2 is 1.58 bits per heavy atom. The Bertz CT molecular complexity index is 695. The van der Waals surface area contributed by atoms with E-state index in [-0.39, 0.29) is 5.91 Å². The van der Waals surface area contributed by atoms with E-state index in [4.69, 9.17) is 4.74 Å². The number of rotatable bonds is 3. The van der Waals surface area contributed by atoms with Gasteiger partial charge in [-0.1, -0.05) is 57.8 Å². The third-order valence-corrected chi connectivity index (χ3v) is 5.51. The Balaban J connectivity index is 1.62. The van der Waals surface area contributed by atoms with Crippen LogP contribution in [0.5, 0.6) is 5.75 Å². The molecule has 4 nitrogen and oxygen atoms in total. The van der Waals surface area contributed by atoms with E-state index in [1.165, 1.54) is 57.8 Å². The molecule has 4 heteroatoms. The summed E-state index contributed by atoms with van der Waals surface area (Å²) in [5.41, 5.74) is 1.61. The van der Waals surface area contributed by atoms with Crippen molar-refractivity contribution in [2.24, 2.45) is 0 Å². The summed E-state index contributed by atoms with van der Waals surface area (Å²) in [6.07, 6.45) is 14.0. The number of hydrogen-bond donors (Lipinski definition) is 2. The van der Waals surface area contributed by atoms with Crippen LogP contribution in [0.25, 0.3) is 10.9 Å². The molecular weight excluding hydrogens is 324 g/mol. The Kier molecular flexibility index (Phi) is 6.98. The normalized spacial score (nSPS) is 18.0. The smallest absolute Gasteiger partial charge is 0.267 e. The number of hydrogen-bond acceptors (Lipinski definition) is 2. The zero-order chi connectivity index (χ0) is 18.2. The van der Waals surface area contributed by atoms with E-state index >= 15 is 0 Å². The molecule has 1 aliphatic carbocycles. The minimum absolute atomic E-state index is 0.0114. The maximum atomic E-state index is 12.7. The van der Waals surface area contributed by atoms with Crippen LogP contribution >= 0.6 is 0 Å². The molecule has 3 rings (SSSR count). The van der Waals surface area contributed by atoms with Crippen LogP contribution in [-0.2, 0) is 0 Å². The second-order valence-electron chi connectivity index (χ2n) is 7.57. The number of carbonyl (C=O) groups is 1. The highest BCUT2D eigenvalue weighted by Crippen LogP contribution is 2.22. The number of aromatic nitrogens is 1. The van der Waals surface area contributed by atoms with E-state index < -0.39 is 0 Å². The van der Waals surface area contributed by atoms with Crippen molar-refractivity contribution in [3.05, 3.63) is 30.0 Å². The van der Waals surface area contributed by atoms with Crippen molar-refractivity contribution < 1.29 is 9.53 Å². The van der Waals surface area contributed by atoms with Crippen LogP contribution in [0.4, 0.5) is 0 Å². The summed E-state index contributed by atoms with van der Waals surface area (Å²) in [5.74, 6) is 0.819. The number of amides is 1. The quantitative estimate of drug-likeness (QED) is 0.754. The van der Waals surface area contributed by atoms with E-state index in [1.54, 1.807) is 7.11 Å². The standard InChI is InChI=1S/C22H32N2O2/c1-26-19-13-14-20-17(15-19)16-21(24-20)22(25)23-18-11-9-7-5-3-2-4-6-8-10-12-18/h13-16,18,24H,2-12H2,1H3,(H,23,25). The van der Waals surface area contributed by atoms with E-state index in [9.17, 15) is 4.79 Å². The van der Waals surface area contributed by atoms with Crippen LogP contribution in [0.3, 0.4) is 0 Å². The van der Waals surface area contributed by atoms with Gasteiger partial charge in [-0.3, -0.25) is 4.79 Å². The van der Waals surface area contributed by atoms with Crippen LogP contribution in [-0.4, -0.2) is 24.0 Å². The topological polar surface area (TPSA) is 54.1 Å². The van der Waals surface area contributed by atoms with Gasteiger partial charge in [-0.2, -0.15) is 0 Å². The SMILES string of the molecule is COc1ccc2[nH]c(C(=O)NC3CCCCCCCCCCC3)cc2c1. The Labute approximate surface area is 156 Å². The molecule has 1 heterocycles. The van der Waals surface area contributed by atoms with E-state index in [0.717, 1.165) is 29.5 Å². The van der Waals surface area contributed by atoms with E-state index in [1.807, 2.05) is 24.3 Å². The molecule has 0 atom stereocenters. The molecular formula is C22H32N2O2. The molecule has 1 saturated carbocycles. The largest absolute Gasteiger partial charge is 0.497 e. The predicted octanol–water partition coefficient (Wildman–Crippen LogP) is 5.58. The van der Waals surface area contributed by atoms with Gasteiger partial charge in [-0.05, 0) is 37.1 Å². The van der Waals surface area contributed by atoms with Crippen molar-refractivity contribution in [3.63, 3.8) is 0 Å². The summed E-state index contributed by atoms with van der Waals surface area (Å²) < 4.78 is 5.27. The highest BCUT2D eigenvalue weighted by molar-refractivity contribution is 5.98. The maximum absolute atomic E-state index is 12.7. The van der Waals surface area contributed by atoms with Gasteiger partial charge < -0.3 is 15.0 Å². The summed E-state index contributed by atoms with van der Waals surface area (Å²) in [6.45, 7) is 0. The first-order valence-electron chi connectivity index (χ1n) is 10.2. The van der Waals surface area contributed by atoms with Gasteiger partial charge >= 0.3 is 0 Å². The second kappa shape index (κ2) is 9.65. The number of fused-ring (bicyclic) bond motifs is 1. The first-order valence-corrected chi connectivity index (χ1v) is 10.2. The van der Waals surface area contributed by atoms with Gasteiger partial charge in [0, 0.05) is 16.9 Å². The van der Waals surface area contributed by atoms with Gasteiger partial charge in [0.25, 0.3) is 5.91 Å². The number of ether oxygens (including phenoxy) is 1. The first-order chi connectivity index (χ1) is 12.8. The van der Waals surface area contributed by atoms with E-state index in [2.05, 4.69) is 10.3 Å². The third kappa shape index (κ3) is 5.26. The summed E-state index contributed by atoms with van der Waals surface area (Å²) in [5, 5.41) is 4.28. The van der Waals surface area contributed by atoms with Crippen LogP contribution in [0.2, 0.25) is 0 Å². The third-order valence-electron chi connectivity index (χ3n) is 5.51. The summed E-state index contributed by atoms with van der Waals surface area (Å²) in [7, 11) is 1.66. The van der Waals surface area contributed by atoms with E-state index in [0.29, 0.717) is 11.7 Å². The minimum atomic E-state index is 0.0114. The highest BCUT2D eigenvalue weighted by Gasteiger charge is 2.16. The summed E-state index contributed by atoms with van der Waals surface area (Å²) in [6, 6.07) is 8.04. The zero-order valence-electron chi connectivity index (χ0n) is 16.0. The Hall–Kier alpha value is -1.97. The fourth-order valence-corrected chi connectivity index (χ4v) is 3.93. The number of carbonyl (C=O) groups excluding carboxylic acids is 1. The molecule has 0 aliphatic heterocycles. The molecule has 0 spiro atoms. The number of H-pyrrole nitrogens is 1. The van der Waals surface area contributed by atoms with Crippen molar-refractivity contribution in [1.29, 1.82) is 0 Å². The molecule has 2 aromatic rings. The molecule has 1 amide bonds. The monoisotopic (exact) mass is 356 g/mol. The van der Waals surface area contributed by atoms with Crippen LogP contribution < -0.4 is 10.1 Å². The number of benzene rings is 1. The zero-order valence-corrected chi connectivity index (χ0v) is 16.0. The molecule has 1 fully saturated rings. The lowest BCUT2D eigenvalue weighted by Crippen LogP contribution is -2.35. The molecule has 0 unspecified atom stereocenters. The lowest BCUT2D eigenvalue weighted by atomic mass is 9.98. The molecule has 0 saturated heterocycles. The average Bonchev–Trinajstić information content (AvgIpc) is 3.07. The first kappa shape index (κ1) is 18.8. The van der Waals surface area contributed by atoms with Gasteiger partial charge in [-0.15, -0.1) is 0 Å². The molecule has 1 aromatic carbocycles. The second-order valence-corrected chi connectivity index (χ2v) is 7.57. The van der Waals surface area contributed by atoms with Crippen LogP contribution in [0.15, 0.2) is 24.3 Å². The van der Waals surface area contributed by atoms with Gasteiger partial charge in [0.05, 0.1) is 7.11 Å². The molecule has 1 aromatic heterocycles. The summed E-state index contributed by atoms with van der Waals surface area (Å²) in [4.78, 5) is 16.0. The van der Waals surface area contributed by atoms with Gasteiger partial charge in [0.15, 0.2) is 0 Å². The highest BCUT2D eigenvalue weighted by atomic mass is 16.5. The fraction of sp³-hybridized carbons (Fsp3) is 0.591. The molecule has 26 heavy (non-hydrogen) atoms. The Morgan fingerprint density at radius 1 is 0.962 bits per heavy atom. The lowest BCUT2D eigenvalue weighted by Gasteiger charge is -2.19.